The lowest BCUT2D eigenvalue weighted by atomic mass is 10.1. The summed E-state index contributed by atoms with van der Waals surface area (Å²) in [6.45, 7) is 5.42. The van der Waals surface area contributed by atoms with E-state index in [1.807, 2.05) is 13.8 Å². The van der Waals surface area contributed by atoms with Gasteiger partial charge in [0.2, 0.25) is 11.9 Å². The summed E-state index contributed by atoms with van der Waals surface area (Å²) in [5, 5.41) is 6.50. The minimum Gasteiger partial charge on any atom is -0.467 e. The van der Waals surface area contributed by atoms with E-state index in [9.17, 15) is 0 Å². The predicted octanol–water partition coefficient (Wildman–Crippen LogP) is 4.12. The molecule has 10 nitrogen and oxygen atoms in total. The van der Waals surface area contributed by atoms with Crippen molar-refractivity contribution in [3.63, 3.8) is 0 Å². The molecule has 0 radical (unpaired) electrons. The molecule has 2 heterocycles. The van der Waals surface area contributed by atoms with Crippen LogP contribution in [0, 0.1) is 13.8 Å². The molecule has 0 atom stereocenters. The van der Waals surface area contributed by atoms with Crippen molar-refractivity contribution in [2.24, 2.45) is 0 Å². The number of methoxy groups -OCH3 is 2. The second kappa shape index (κ2) is 15.1. The average molecular weight is 447 g/mol. The first-order chi connectivity index (χ1) is 15.6. The van der Waals surface area contributed by atoms with E-state index < -0.39 is 0 Å². The fourth-order valence-electron chi connectivity index (χ4n) is 3.32. The van der Waals surface area contributed by atoms with Gasteiger partial charge in [-0.3, -0.25) is 0 Å². The van der Waals surface area contributed by atoms with E-state index in [1.165, 1.54) is 51.4 Å². The number of anilines is 2. The average Bonchev–Trinajstić information content (AvgIpc) is 2.78. The van der Waals surface area contributed by atoms with Gasteiger partial charge in [0.25, 0.3) is 0 Å². The molecule has 0 aliphatic rings. The topological polar surface area (TPSA) is 120 Å². The monoisotopic (exact) mass is 446 g/mol. The van der Waals surface area contributed by atoms with Crippen molar-refractivity contribution in [2.45, 2.75) is 78.1 Å². The van der Waals surface area contributed by atoms with Crippen LogP contribution < -0.4 is 20.1 Å². The molecule has 2 aromatic heterocycles. The molecular formula is C22H38N8O2. The Morgan fingerprint density at radius 3 is 1.19 bits per heavy atom. The normalized spacial score (nSPS) is 10.8. The highest BCUT2D eigenvalue weighted by molar-refractivity contribution is 5.26. The first-order valence-corrected chi connectivity index (χ1v) is 11.6. The van der Waals surface area contributed by atoms with Crippen molar-refractivity contribution in [3.8, 4) is 12.0 Å². The predicted molar refractivity (Wildman–Crippen MR) is 125 cm³/mol. The maximum absolute atomic E-state index is 5.07. The molecule has 0 saturated heterocycles. The zero-order chi connectivity index (χ0) is 23.0. The second-order valence-corrected chi connectivity index (χ2v) is 7.77. The maximum Gasteiger partial charge on any atom is 0.321 e. The number of hydrogen-bond acceptors (Lipinski definition) is 10. The van der Waals surface area contributed by atoms with E-state index in [1.54, 1.807) is 14.2 Å². The van der Waals surface area contributed by atoms with E-state index in [2.05, 4.69) is 40.5 Å². The number of hydrogen-bond donors (Lipinski definition) is 2. The highest BCUT2D eigenvalue weighted by atomic mass is 16.5. The first kappa shape index (κ1) is 25.5. The molecule has 0 aliphatic heterocycles. The van der Waals surface area contributed by atoms with Crippen molar-refractivity contribution in [1.82, 2.24) is 29.9 Å². The van der Waals surface area contributed by atoms with Gasteiger partial charge in [0.05, 0.1) is 14.2 Å². The molecule has 0 amide bonds. The Hall–Kier alpha value is -2.78. The van der Waals surface area contributed by atoms with Crippen LogP contribution in [-0.2, 0) is 0 Å². The molecule has 0 aromatic carbocycles. The van der Waals surface area contributed by atoms with Crippen LogP contribution in [-0.4, -0.2) is 57.2 Å². The van der Waals surface area contributed by atoms with Gasteiger partial charge in [-0.15, -0.1) is 0 Å². The van der Waals surface area contributed by atoms with E-state index in [-0.39, 0.29) is 0 Å². The summed E-state index contributed by atoms with van der Waals surface area (Å²) >= 11 is 0. The number of ether oxygens (including phenoxy) is 2. The zero-order valence-corrected chi connectivity index (χ0v) is 20.0. The van der Waals surface area contributed by atoms with E-state index >= 15 is 0 Å². The minimum absolute atomic E-state index is 0.356. The molecule has 0 unspecified atom stereocenters. The van der Waals surface area contributed by atoms with Crippen LogP contribution in [0.3, 0.4) is 0 Å². The summed E-state index contributed by atoms with van der Waals surface area (Å²) in [4.78, 5) is 25.1. The quantitative estimate of drug-likeness (QED) is 0.343. The maximum atomic E-state index is 5.07. The number of aryl methyl sites for hydroxylation is 2. The molecule has 2 N–H and O–H groups in total. The molecule has 0 fully saturated rings. The Morgan fingerprint density at radius 1 is 0.500 bits per heavy atom. The van der Waals surface area contributed by atoms with Crippen molar-refractivity contribution >= 4 is 11.9 Å². The van der Waals surface area contributed by atoms with Gasteiger partial charge in [-0.1, -0.05) is 51.4 Å². The Kier molecular flexibility index (Phi) is 12.0. The summed E-state index contributed by atoms with van der Waals surface area (Å²) in [7, 11) is 3.13. The smallest absolute Gasteiger partial charge is 0.321 e. The zero-order valence-electron chi connectivity index (χ0n) is 20.0. The Balaban J connectivity index is 1.38. The molecule has 2 rings (SSSR count). The Labute approximate surface area is 191 Å². The van der Waals surface area contributed by atoms with Crippen molar-refractivity contribution in [2.75, 3.05) is 37.9 Å². The Morgan fingerprint density at radius 2 is 0.844 bits per heavy atom. The van der Waals surface area contributed by atoms with E-state index in [4.69, 9.17) is 9.47 Å². The Bertz CT molecular complexity index is 725. The summed E-state index contributed by atoms with van der Waals surface area (Å²) in [6.07, 6.45) is 12.5. The number of unbranched alkanes of at least 4 members (excludes halogenated alkanes) is 9. The van der Waals surface area contributed by atoms with Crippen molar-refractivity contribution in [3.05, 3.63) is 11.6 Å². The van der Waals surface area contributed by atoms with Crippen LogP contribution in [0.4, 0.5) is 11.9 Å². The lowest BCUT2D eigenvalue weighted by molar-refractivity contribution is 0.377. The summed E-state index contributed by atoms with van der Waals surface area (Å²) in [5.41, 5.74) is 0. The molecule has 32 heavy (non-hydrogen) atoms. The van der Waals surface area contributed by atoms with Gasteiger partial charge < -0.3 is 20.1 Å². The molecule has 0 aliphatic carbocycles. The largest absolute Gasteiger partial charge is 0.467 e. The van der Waals surface area contributed by atoms with Crippen LogP contribution in [0.2, 0.25) is 0 Å². The third kappa shape index (κ3) is 10.5. The second-order valence-electron chi connectivity index (χ2n) is 7.77. The van der Waals surface area contributed by atoms with Gasteiger partial charge in [0.15, 0.2) is 0 Å². The van der Waals surface area contributed by atoms with Crippen LogP contribution in [0.5, 0.6) is 12.0 Å². The van der Waals surface area contributed by atoms with Crippen LogP contribution in [0.25, 0.3) is 0 Å². The van der Waals surface area contributed by atoms with Gasteiger partial charge in [-0.25, -0.2) is 0 Å². The number of nitrogens with one attached hydrogen (secondary N) is 2. The molecule has 0 spiro atoms. The summed E-state index contributed by atoms with van der Waals surface area (Å²) in [6, 6.07) is 0.713. The van der Waals surface area contributed by atoms with Gasteiger partial charge in [0, 0.05) is 13.1 Å². The van der Waals surface area contributed by atoms with Crippen molar-refractivity contribution in [1.29, 1.82) is 0 Å². The van der Waals surface area contributed by atoms with Gasteiger partial charge in [0.1, 0.15) is 11.6 Å². The molecule has 0 saturated carbocycles. The SMILES string of the molecule is COc1nc(C)nc(NCCCCCCCCCCCCNc2nc(C)nc(OC)n2)n1. The van der Waals surface area contributed by atoms with Crippen LogP contribution in [0.15, 0.2) is 0 Å². The third-order valence-corrected chi connectivity index (χ3v) is 4.99. The van der Waals surface area contributed by atoms with Crippen LogP contribution >= 0.6 is 0 Å². The summed E-state index contributed by atoms with van der Waals surface area (Å²) in [5.74, 6) is 2.50. The fraction of sp³-hybridized carbons (Fsp3) is 0.727. The fourth-order valence-corrected chi connectivity index (χ4v) is 3.32. The molecule has 0 bridgehead atoms. The molecule has 2 aromatic rings. The molecule has 178 valence electrons. The number of rotatable bonds is 17. The third-order valence-electron chi connectivity index (χ3n) is 4.99. The lowest BCUT2D eigenvalue weighted by Crippen LogP contribution is -2.08. The summed E-state index contributed by atoms with van der Waals surface area (Å²) < 4.78 is 10.1. The lowest BCUT2D eigenvalue weighted by Gasteiger charge is -2.07. The van der Waals surface area contributed by atoms with Gasteiger partial charge in [-0.2, -0.15) is 29.9 Å². The van der Waals surface area contributed by atoms with Gasteiger partial charge in [-0.05, 0) is 26.7 Å². The van der Waals surface area contributed by atoms with Crippen molar-refractivity contribution < 1.29 is 9.47 Å². The van der Waals surface area contributed by atoms with Crippen LogP contribution in [0.1, 0.15) is 75.9 Å². The molecule has 10 heteroatoms. The number of nitrogens with zero attached hydrogens (tertiary/aromatic N) is 6. The van der Waals surface area contributed by atoms with Gasteiger partial charge >= 0.3 is 12.0 Å². The van der Waals surface area contributed by atoms with E-state index in [0.29, 0.717) is 35.6 Å². The minimum atomic E-state index is 0.356. The van der Waals surface area contributed by atoms with E-state index in [0.717, 1.165) is 25.9 Å². The highest BCUT2D eigenvalue weighted by Crippen LogP contribution is 2.12. The first-order valence-electron chi connectivity index (χ1n) is 11.6. The number of aromatic nitrogens is 6. The molecular weight excluding hydrogens is 408 g/mol. The highest BCUT2D eigenvalue weighted by Gasteiger charge is 2.04. The standard InChI is InChI=1S/C22H38N8O2/c1-17-25-19(29-21(27-17)31-3)23-15-13-11-9-7-5-6-8-10-12-14-16-24-20-26-18(2)28-22(30-20)32-4/h5-16H2,1-4H3,(H,23,25,27,29)(H,24,26,28,30).